The molecule has 1 aromatic rings. The van der Waals surface area contributed by atoms with Gasteiger partial charge in [0.1, 0.15) is 0 Å². The van der Waals surface area contributed by atoms with Crippen molar-refractivity contribution in [2.75, 3.05) is 6.54 Å². The average Bonchev–Trinajstić information content (AvgIpc) is 2.35. The Labute approximate surface area is 103 Å². The Kier molecular flexibility index (Phi) is 5.16. The van der Waals surface area contributed by atoms with Crippen LogP contribution in [0.15, 0.2) is 30.3 Å². The van der Waals surface area contributed by atoms with E-state index in [1.807, 2.05) is 37.3 Å². The van der Waals surface area contributed by atoms with Gasteiger partial charge in [0, 0.05) is 0 Å². The van der Waals surface area contributed by atoms with Crippen molar-refractivity contribution in [1.29, 1.82) is 0 Å². The molecule has 0 spiro atoms. The summed E-state index contributed by atoms with van der Waals surface area (Å²) >= 11 is 0. The van der Waals surface area contributed by atoms with E-state index in [1.165, 1.54) is 0 Å². The molecular weight excluding hydrogens is 214 g/mol. The van der Waals surface area contributed by atoms with Gasteiger partial charge in [0.15, 0.2) is 0 Å². The van der Waals surface area contributed by atoms with Crippen LogP contribution >= 0.6 is 0 Å². The van der Waals surface area contributed by atoms with Gasteiger partial charge in [0.25, 0.3) is 0 Å². The van der Waals surface area contributed by atoms with Crippen molar-refractivity contribution >= 4 is 5.97 Å². The number of hydrogen-bond donors (Lipinski definition) is 2. The average molecular weight is 235 g/mol. The fourth-order valence-corrected chi connectivity index (χ4v) is 2.10. The second-order valence-corrected chi connectivity index (χ2v) is 4.30. The molecule has 0 heterocycles. The minimum atomic E-state index is -0.765. The Morgan fingerprint density at radius 2 is 1.94 bits per heavy atom. The number of carboxylic acids is 1. The first-order chi connectivity index (χ1) is 8.14. The second-order valence-electron chi connectivity index (χ2n) is 4.30. The first-order valence-electron chi connectivity index (χ1n) is 6.17. The third kappa shape index (κ3) is 3.56. The van der Waals surface area contributed by atoms with E-state index >= 15 is 0 Å². The zero-order valence-corrected chi connectivity index (χ0v) is 10.6. The Hall–Kier alpha value is -1.35. The lowest BCUT2D eigenvalue weighted by Gasteiger charge is -2.33. The van der Waals surface area contributed by atoms with Gasteiger partial charge in [-0.2, -0.15) is 0 Å². The van der Waals surface area contributed by atoms with Crippen LogP contribution in [0.2, 0.25) is 0 Å². The predicted molar refractivity (Wildman–Crippen MR) is 69.0 cm³/mol. The number of aliphatic carboxylic acids is 1. The van der Waals surface area contributed by atoms with E-state index in [1.54, 1.807) is 0 Å². The lowest BCUT2D eigenvalue weighted by molar-refractivity contribution is -0.139. The summed E-state index contributed by atoms with van der Waals surface area (Å²) in [5.74, 6) is -0.765. The predicted octanol–water partition coefficient (Wildman–Crippen LogP) is 2.77. The molecule has 2 N–H and O–H groups in total. The fraction of sp³-hybridized carbons (Fsp3) is 0.500. The van der Waals surface area contributed by atoms with E-state index in [0.717, 1.165) is 24.9 Å². The number of nitrogens with one attached hydrogen (secondary N) is 1. The van der Waals surface area contributed by atoms with E-state index in [4.69, 9.17) is 5.11 Å². The first kappa shape index (κ1) is 13.7. The van der Waals surface area contributed by atoms with Crippen LogP contribution in [0.4, 0.5) is 0 Å². The number of rotatable bonds is 7. The van der Waals surface area contributed by atoms with Crippen molar-refractivity contribution in [3.63, 3.8) is 0 Å². The largest absolute Gasteiger partial charge is 0.481 e. The van der Waals surface area contributed by atoms with E-state index in [0.29, 0.717) is 0 Å². The van der Waals surface area contributed by atoms with Gasteiger partial charge in [-0.15, -0.1) is 0 Å². The van der Waals surface area contributed by atoms with Gasteiger partial charge in [-0.05, 0) is 24.9 Å². The normalized spacial score (nSPS) is 14.2. The van der Waals surface area contributed by atoms with Gasteiger partial charge in [-0.3, -0.25) is 4.79 Å². The summed E-state index contributed by atoms with van der Waals surface area (Å²) in [5.41, 5.74) is 0.613. The second kappa shape index (κ2) is 6.40. The van der Waals surface area contributed by atoms with E-state index in [-0.39, 0.29) is 6.42 Å². The SMILES string of the molecule is CCCNC(CC)(CC(=O)O)c1ccccc1. The smallest absolute Gasteiger partial charge is 0.305 e. The molecule has 0 fully saturated rings. The Balaban J connectivity index is 3.01. The van der Waals surface area contributed by atoms with E-state index in [2.05, 4.69) is 12.2 Å². The molecule has 0 saturated carbocycles. The number of hydrogen-bond acceptors (Lipinski definition) is 2. The summed E-state index contributed by atoms with van der Waals surface area (Å²) in [7, 11) is 0. The molecule has 1 aromatic carbocycles. The molecule has 0 aliphatic carbocycles. The molecule has 0 bridgehead atoms. The van der Waals surface area contributed by atoms with Crippen molar-refractivity contribution in [2.45, 2.75) is 38.6 Å². The Morgan fingerprint density at radius 3 is 2.41 bits per heavy atom. The van der Waals surface area contributed by atoms with Gasteiger partial charge in [-0.1, -0.05) is 44.2 Å². The highest BCUT2D eigenvalue weighted by atomic mass is 16.4. The summed E-state index contributed by atoms with van der Waals surface area (Å²) < 4.78 is 0. The van der Waals surface area contributed by atoms with Crippen LogP contribution in [0.5, 0.6) is 0 Å². The molecule has 1 rings (SSSR count). The molecule has 0 radical (unpaired) electrons. The third-order valence-corrected chi connectivity index (χ3v) is 3.10. The lowest BCUT2D eigenvalue weighted by atomic mass is 9.84. The fourth-order valence-electron chi connectivity index (χ4n) is 2.10. The molecule has 94 valence electrons. The van der Waals surface area contributed by atoms with Gasteiger partial charge >= 0.3 is 5.97 Å². The van der Waals surface area contributed by atoms with Gasteiger partial charge in [-0.25, -0.2) is 0 Å². The molecule has 1 atom stereocenters. The lowest BCUT2D eigenvalue weighted by Crippen LogP contribution is -2.44. The first-order valence-corrected chi connectivity index (χ1v) is 6.17. The monoisotopic (exact) mass is 235 g/mol. The molecule has 1 unspecified atom stereocenters. The van der Waals surface area contributed by atoms with Crippen LogP contribution in [0, 0.1) is 0 Å². The molecule has 0 saturated heterocycles. The maximum Gasteiger partial charge on any atom is 0.305 e. The Morgan fingerprint density at radius 1 is 1.29 bits per heavy atom. The minimum Gasteiger partial charge on any atom is -0.481 e. The molecule has 3 heteroatoms. The molecule has 0 aromatic heterocycles. The maximum atomic E-state index is 11.1. The number of carbonyl (C=O) groups is 1. The molecular formula is C14H21NO2. The van der Waals surface area contributed by atoms with Crippen molar-refractivity contribution in [2.24, 2.45) is 0 Å². The minimum absolute atomic E-state index is 0.119. The summed E-state index contributed by atoms with van der Waals surface area (Å²) in [6.45, 7) is 4.94. The summed E-state index contributed by atoms with van der Waals surface area (Å²) in [6.07, 6.45) is 1.88. The highest BCUT2D eigenvalue weighted by Gasteiger charge is 2.31. The van der Waals surface area contributed by atoms with Crippen LogP contribution in [0.3, 0.4) is 0 Å². The Bertz CT molecular complexity index is 350. The zero-order chi connectivity index (χ0) is 12.7. The molecule has 0 amide bonds. The summed E-state index contributed by atoms with van der Waals surface area (Å²) in [4.78, 5) is 11.1. The van der Waals surface area contributed by atoms with Gasteiger partial charge in [0.05, 0.1) is 12.0 Å². The van der Waals surface area contributed by atoms with E-state index in [9.17, 15) is 4.79 Å². The number of benzene rings is 1. The quantitative estimate of drug-likeness (QED) is 0.764. The van der Waals surface area contributed by atoms with Crippen LogP contribution in [0.1, 0.15) is 38.7 Å². The standard InChI is InChI=1S/C14H21NO2/c1-3-10-15-14(4-2,11-13(16)17)12-8-6-5-7-9-12/h5-9,15H,3-4,10-11H2,1-2H3,(H,16,17). The van der Waals surface area contributed by atoms with Crippen molar-refractivity contribution < 1.29 is 9.90 Å². The zero-order valence-electron chi connectivity index (χ0n) is 10.6. The van der Waals surface area contributed by atoms with Crippen LogP contribution < -0.4 is 5.32 Å². The van der Waals surface area contributed by atoms with Crippen LogP contribution in [0.25, 0.3) is 0 Å². The number of carboxylic acid groups (broad SMARTS) is 1. The van der Waals surface area contributed by atoms with Crippen LogP contribution in [-0.2, 0) is 10.3 Å². The highest BCUT2D eigenvalue weighted by molar-refractivity contribution is 5.69. The molecule has 17 heavy (non-hydrogen) atoms. The third-order valence-electron chi connectivity index (χ3n) is 3.10. The molecule has 0 aliphatic heterocycles. The van der Waals surface area contributed by atoms with Crippen molar-refractivity contribution in [1.82, 2.24) is 5.32 Å². The van der Waals surface area contributed by atoms with Crippen LogP contribution in [-0.4, -0.2) is 17.6 Å². The van der Waals surface area contributed by atoms with Gasteiger partial charge < -0.3 is 10.4 Å². The van der Waals surface area contributed by atoms with Crippen molar-refractivity contribution in [3.8, 4) is 0 Å². The van der Waals surface area contributed by atoms with E-state index < -0.39 is 11.5 Å². The summed E-state index contributed by atoms with van der Waals surface area (Å²) in [6, 6.07) is 9.85. The van der Waals surface area contributed by atoms with Crippen molar-refractivity contribution in [3.05, 3.63) is 35.9 Å². The van der Waals surface area contributed by atoms with Gasteiger partial charge in [0.2, 0.25) is 0 Å². The molecule has 3 nitrogen and oxygen atoms in total. The maximum absolute atomic E-state index is 11.1. The summed E-state index contributed by atoms with van der Waals surface area (Å²) in [5, 5.41) is 12.5. The molecule has 0 aliphatic rings. The topological polar surface area (TPSA) is 49.3 Å². The highest BCUT2D eigenvalue weighted by Crippen LogP contribution is 2.28.